The molecule has 0 aromatic carbocycles. The molecular formula is C42H78ClP2Ru+2. The Kier molecular flexibility index (Phi) is 20.2. The number of hydrogen-bond donors (Lipinski definition) is 0. The summed E-state index contributed by atoms with van der Waals surface area (Å²) in [4.78, 5) is 0. The first kappa shape index (κ1) is 40.2. The van der Waals surface area contributed by atoms with Crippen molar-refractivity contribution in [3.05, 3.63) is 6.08 Å². The molecule has 0 aliphatic heterocycles. The summed E-state index contributed by atoms with van der Waals surface area (Å²) in [6.07, 6.45) is 49.6. The van der Waals surface area contributed by atoms with E-state index in [0.717, 1.165) is 0 Å². The van der Waals surface area contributed by atoms with Gasteiger partial charge >= 0.3 is 61.9 Å². The average Bonchev–Trinajstić information content (AvgIpc) is 3.11. The summed E-state index contributed by atoms with van der Waals surface area (Å²) in [5.74, 6) is 0. The van der Waals surface area contributed by atoms with Crippen molar-refractivity contribution < 1.29 is 15.7 Å². The number of rotatable bonds is 6. The summed E-state index contributed by atoms with van der Waals surface area (Å²) in [6, 6.07) is 0. The molecule has 6 aliphatic carbocycles. The second-order valence-corrected chi connectivity index (χ2v) is 26.2. The first-order valence-electron chi connectivity index (χ1n) is 21.0. The predicted octanol–water partition coefficient (Wildman–Crippen LogP) is 14.6. The SMILES string of the molecule is C1CCC([PH+](C2CCCCC2)C2CCCCC2)CC1.C1CCC([PH+](C2CCCCC2)C2CCCCC2)CC1.CC(C)(C)C=[C]=[Ru][Cl]. The van der Waals surface area contributed by atoms with E-state index in [0.29, 0.717) is 0 Å². The first-order valence-corrected chi connectivity index (χ1v) is 27.6. The van der Waals surface area contributed by atoms with Crippen LogP contribution in [0.2, 0.25) is 0 Å². The van der Waals surface area contributed by atoms with Crippen molar-refractivity contribution in [1.29, 1.82) is 0 Å². The molecule has 0 N–H and O–H groups in total. The van der Waals surface area contributed by atoms with Crippen molar-refractivity contribution in [2.75, 3.05) is 0 Å². The second-order valence-electron chi connectivity index (χ2n) is 17.7. The van der Waals surface area contributed by atoms with Crippen LogP contribution in [0.3, 0.4) is 0 Å². The van der Waals surface area contributed by atoms with Gasteiger partial charge in [0.1, 0.15) is 0 Å². The standard InChI is InChI=1S/2C18H33P.C6H10.ClH.Ru/c2*1-4-10-16(11-5-1)19(17-12-6-2-7-13-17)18-14-8-3-9-15-18;1-5-6(2,3)4;;/h2*16-18H,1-15H2;5H,2-4H3;1H;/q;;;;+1/p+1. The molecule has 0 bridgehead atoms. The van der Waals surface area contributed by atoms with Crippen LogP contribution in [0.15, 0.2) is 6.08 Å². The van der Waals surface area contributed by atoms with Gasteiger partial charge in [0.25, 0.3) is 0 Å². The summed E-state index contributed by atoms with van der Waals surface area (Å²) in [7, 11) is 5.36. The minimum atomic E-state index is -0.148. The van der Waals surface area contributed by atoms with Gasteiger partial charge in [-0.1, -0.05) is 38.5 Å². The Labute approximate surface area is 302 Å². The Hall–Kier alpha value is 1.42. The molecule has 0 saturated heterocycles. The van der Waals surface area contributed by atoms with Crippen LogP contribution < -0.4 is 0 Å². The molecule has 0 aromatic heterocycles. The third-order valence-corrected chi connectivity index (χ3v) is 23.0. The van der Waals surface area contributed by atoms with E-state index < -0.39 is 0 Å². The molecule has 6 saturated carbocycles. The molecule has 0 unspecified atom stereocenters. The van der Waals surface area contributed by atoms with Gasteiger partial charge in [0.05, 0.1) is 34.0 Å². The van der Waals surface area contributed by atoms with Gasteiger partial charge in [0.15, 0.2) is 0 Å². The number of halogens is 1. The topological polar surface area (TPSA) is 0 Å². The van der Waals surface area contributed by atoms with E-state index in [1.54, 1.807) is 193 Å². The van der Waals surface area contributed by atoms with Crippen molar-refractivity contribution >= 4 is 29.8 Å². The Balaban J connectivity index is 0.000000170. The van der Waals surface area contributed by atoms with Gasteiger partial charge in [-0.3, -0.25) is 0 Å². The van der Waals surface area contributed by atoms with E-state index in [4.69, 9.17) is 9.69 Å². The van der Waals surface area contributed by atoms with Gasteiger partial charge in [-0.2, -0.15) is 0 Å². The van der Waals surface area contributed by atoms with Gasteiger partial charge in [-0.15, -0.1) is 0 Å². The maximum atomic E-state index is 5.46. The van der Waals surface area contributed by atoms with E-state index in [1.807, 2.05) is 6.08 Å². The molecular weight excluding hydrogens is 703 g/mol. The molecule has 4 heteroatoms. The average molecular weight is 782 g/mol. The number of hydrogen-bond acceptors (Lipinski definition) is 0. The summed E-state index contributed by atoms with van der Waals surface area (Å²) in [5, 5.41) is 0. The van der Waals surface area contributed by atoms with E-state index in [1.165, 1.54) is 34.0 Å². The first-order chi connectivity index (χ1) is 22.5. The van der Waals surface area contributed by atoms with Crippen LogP contribution in [-0.2, 0) is 15.7 Å². The Morgan fingerprint density at radius 3 is 0.739 bits per heavy atom. The van der Waals surface area contributed by atoms with Crippen molar-refractivity contribution in [2.45, 2.75) is 247 Å². The molecule has 6 aliphatic rings. The van der Waals surface area contributed by atoms with Crippen LogP contribution >= 0.6 is 25.5 Å². The Morgan fingerprint density at radius 1 is 0.413 bits per heavy atom. The van der Waals surface area contributed by atoms with E-state index in [9.17, 15) is 0 Å². The normalized spacial score (nSPS) is 25.7. The second kappa shape index (κ2) is 23.1. The zero-order chi connectivity index (χ0) is 32.5. The quantitative estimate of drug-likeness (QED) is 0.186. The molecule has 6 fully saturated rings. The van der Waals surface area contributed by atoms with Crippen LogP contribution in [0, 0.1) is 5.41 Å². The van der Waals surface area contributed by atoms with E-state index in [2.05, 4.69) is 25.0 Å². The Morgan fingerprint density at radius 2 is 0.609 bits per heavy atom. The summed E-state index contributed by atoms with van der Waals surface area (Å²) >= 11 is -0.148. The maximum absolute atomic E-state index is 5.46. The number of allylic oxidation sites excluding steroid dienone is 1. The summed E-state index contributed by atoms with van der Waals surface area (Å²) in [5.41, 5.74) is 7.61. The van der Waals surface area contributed by atoms with E-state index in [-0.39, 0.29) is 36.9 Å². The molecule has 0 radical (unpaired) electrons. The van der Waals surface area contributed by atoms with Gasteiger partial charge < -0.3 is 0 Å². The van der Waals surface area contributed by atoms with E-state index >= 15 is 0 Å². The minimum absolute atomic E-state index is 0.0465. The predicted molar refractivity (Wildman–Crippen MR) is 213 cm³/mol. The Bertz CT molecular complexity index is 687. The van der Waals surface area contributed by atoms with Gasteiger partial charge in [0.2, 0.25) is 0 Å². The molecule has 0 spiro atoms. The monoisotopic (exact) mass is 781 g/mol. The fourth-order valence-corrected chi connectivity index (χ4v) is 22.3. The van der Waals surface area contributed by atoms with Crippen molar-refractivity contribution in [3.8, 4) is 0 Å². The molecule has 46 heavy (non-hydrogen) atoms. The fourth-order valence-electron chi connectivity index (χ4n) is 10.8. The fraction of sp³-hybridized carbons (Fsp3) is 0.952. The third-order valence-electron chi connectivity index (χ3n) is 13.0. The summed E-state index contributed by atoms with van der Waals surface area (Å²) in [6.45, 7) is 6.40. The van der Waals surface area contributed by atoms with Crippen LogP contribution in [0.1, 0.15) is 213 Å². The third kappa shape index (κ3) is 14.6. The molecule has 0 amide bonds. The summed E-state index contributed by atoms with van der Waals surface area (Å²) < 4.78 is 3.02. The molecule has 0 heterocycles. The van der Waals surface area contributed by atoms with Crippen LogP contribution in [0.25, 0.3) is 0 Å². The zero-order valence-electron chi connectivity index (χ0n) is 31.0. The zero-order valence-corrected chi connectivity index (χ0v) is 35.5. The van der Waals surface area contributed by atoms with Crippen LogP contribution in [0.4, 0.5) is 0 Å². The molecule has 0 nitrogen and oxygen atoms in total. The molecule has 0 aromatic rings. The molecule has 269 valence electrons. The van der Waals surface area contributed by atoms with Gasteiger partial charge in [-0.25, -0.2) is 0 Å². The van der Waals surface area contributed by atoms with Crippen molar-refractivity contribution in [2.24, 2.45) is 5.41 Å². The van der Waals surface area contributed by atoms with Gasteiger partial charge in [-0.05, 0) is 154 Å². The van der Waals surface area contributed by atoms with Crippen LogP contribution in [0.5, 0.6) is 0 Å². The molecule has 6 rings (SSSR count). The van der Waals surface area contributed by atoms with Gasteiger partial charge in [0, 0.05) is 15.8 Å². The van der Waals surface area contributed by atoms with Crippen LogP contribution in [-0.4, -0.2) is 38.2 Å². The van der Waals surface area contributed by atoms with Crippen molar-refractivity contribution in [3.63, 3.8) is 0 Å². The molecule has 0 atom stereocenters. The van der Waals surface area contributed by atoms with Crippen molar-refractivity contribution in [1.82, 2.24) is 0 Å².